The van der Waals surface area contributed by atoms with Gasteiger partial charge in [-0.1, -0.05) is 30.3 Å². The number of rotatable bonds is 6. The number of amides is 1. The summed E-state index contributed by atoms with van der Waals surface area (Å²) in [7, 11) is 0. The third-order valence-corrected chi connectivity index (χ3v) is 3.77. The molecule has 0 spiro atoms. The van der Waals surface area contributed by atoms with Gasteiger partial charge in [0.05, 0.1) is 10.6 Å². The molecule has 0 aliphatic carbocycles. The molecule has 0 atom stereocenters. The molecule has 3 aromatic carbocycles. The maximum absolute atomic E-state index is 13.8. The highest BCUT2D eigenvalue weighted by atomic mass is 19.1. The van der Waals surface area contributed by atoms with Crippen molar-refractivity contribution in [3.63, 3.8) is 0 Å². The molecule has 0 heterocycles. The van der Waals surface area contributed by atoms with Crippen molar-refractivity contribution in [2.45, 2.75) is 6.61 Å². The molecular formula is C20H15FN2O4. The van der Waals surface area contributed by atoms with Gasteiger partial charge in [-0.25, -0.2) is 4.39 Å². The molecule has 0 aliphatic rings. The van der Waals surface area contributed by atoms with E-state index in [9.17, 15) is 19.3 Å². The molecule has 0 unspecified atom stereocenters. The molecule has 3 rings (SSSR count). The van der Waals surface area contributed by atoms with E-state index in [1.807, 2.05) is 30.3 Å². The smallest absolute Gasteiger partial charge is 0.271 e. The predicted molar refractivity (Wildman–Crippen MR) is 98.2 cm³/mol. The maximum atomic E-state index is 13.8. The fraction of sp³-hybridized carbons (Fsp3) is 0.0500. The third-order valence-electron chi connectivity index (χ3n) is 3.77. The monoisotopic (exact) mass is 366 g/mol. The summed E-state index contributed by atoms with van der Waals surface area (Å²) in [6.07, 6.45) is 0. The van der Waals surface area contributed by atoms with E-state index in [0.29, 0.717) is 12.4 Å². The molecule has 0 aromatic heterocycles. The highest BCUT2D eigenvalue weighted by molar-refractivity contribution is 6.04. The molecule has 6 nitrogen and oxygen atoms in total. The van der Waals surface area contributed by atoms with E-state index in [-0.39, 0.29) is 16.9 Å². The zero-order valence-corrected chi connectivity index (χ0v) is 14.1. The van der Waals surface area contributed by atoms with Gasteiger partial charge < -0.3 is 10.1 Å². The number of non-ortho nitro benzene ring substituents is 1. The lowest BCUT2D eigenvalue weighted by Gasteiger charge is -2.09. The van der Waals surface area contributed by atoms with Gasteiger partial charge in [-0.2, -0.15) is 0 Å². The van der Waals surface area contributed by atoms with Gasteiger partial charge in [-0.15, -0.1) is 0 Å². The number of hydrogen-bond donors (Lipinski definition) is 1. The zero-order valence-electron chi connectivity index (χ0n) is 14.1. The normalized spacial score (nSPS) is 10.3. The Morgan fingerprint density at radius 2 is 1.74 bits per heavy atom. The van der Waals surface area contributed by atoms with Crippen LogP contribution in [0.25, 0.3) is 0 Å². The number of ether oxygens (including phenoxy) is 1. The van der Waals surface area contributed by atoms with Crippen LogP contribution in [0.4, 0.5) is 15.8 Å². The molecule has 27 heavy (non-hydrogen) atoms. The van der Waals surface area contributed by atoms with Crippen molar-refractivity contribution in [1.82, 2.24) is 0 Å². The fourth-order valence-electron chi connectivity index (χ4n) is 2.36. The third kappa shape index (κ3) is 4.66. The predicted octanol–water partition coefficient (Wildman–Crippen LogP) is 4.57. The number of anilines is 1. The average Bonchev–Trinajstić information content (AvgIpc) is 2.69. The standard InChI is InChI=1S/C20H15FN2O4/c21-18-11-8-16(23(25)26)12-19(18)22-20(24)15-6-9-17(10-7-15)27-13-14-4-2-1-3-5-14/h1-12H,13H2,(H,22,24). The van der Waals surface area contributed by atoms with Crippen LogP contribution in [0, 0.1) is 15.9 Å². The van der Waals surface area contributed by atoms with E-state index in [1.54, 1.807) is 12.1 Å². The van der Waals surface area contributed by atoms with E-state index in [1.165, 1.54) is 12.1 Å². The molecule has 7 heteroatoms. The summed E-state index contributed by atoms with van der Waals surface area (Å²) < 4.78 is 19.4. The zero-order chi connectivity index (χ0) is 19.2. The van der Waals surface area contributed by atoms with Gasteiger partial charge in [0.1, 0.15) is 18.2 Å². The van der Waals surface area contributed by atoms with E-state index in [0.717, 1.165) is 23.8 Å². The topological polar surface area (TPSA) is 81.5 Å². The SMILES string of the molecule is O=C(Nc1cc([N+](=O)[O-])ccc1F)c1ccc(OCc2ccccc2)cc1. The first-order valence-corrected chi connectivity index (χ1v) is 8.05. The number of nitro groups is 1. The maximum Gasteiger partial charge on any atom is 0.271 e. The van der Waals surface area contributed by atoms with Gasteiger partial charge in [-0.05, 0) is 35.9 Å². The summed E-state index contributed by atoms with van der Waals surface area (Å²) in [5.41, 5.74) is 0.725. The molecule has 0 fully saturated rings. The molecule has 0 saturated heterocycles. The Morgan fingerprint density at radius 1 is 1.04 bits per heavy atom. The van der Waals surface area contributed by atoms with Gasteiger partial charge >= 0.3 is 0 Å². The van der Waals surface area contributed by atoms with Gasteiger partial charge in [0.25, 0.3) is 11.6 Å². The quantitative estimate of drug-likeness (QED) is 0.512. The first kappa shape index (κ1) is 18.1. The van der Waals surface area contributed by atoms with Crippen molar-refractivity contribution in [2.24, 2.45) is 0 Å². The minimum absolute atomic E-state index is 0.251. The second kappa shape index (κ2) is 8.09. The summed E-state index contributed by atoms with van der Waals surface area (Å²) in [6.45, 7) is 0.394. The molecule has 136 valence electrons. The van der Waals surface area contributed by atoms with E-state index >= 15 is 0 Å². The van der Waals surface area contributed by atoms with Crippen LogP contribution in [-0.4, -0.2) is 10.8 Å². The van der Waals surface area contributed by atoms with Crippen molar-refractivity contribution < 1.29 is 18.8 Å². The second-order valence-corrected chi connectivity index (χ2v) is 5.67. The van der Waals surface area contributed by atoms with Crippen molar-refractivity contribution in [1.29, 1.82) is 0 Å². The Labute approximate surface area is 154 Å². The van der Waals surface area contributed by atoms with Crippen LogP contribution in [0.15, 0.2) is 72.8 Å². The molecule has 0 saturated carbocycles. The van der Waals surface area contributed by atoms with Crippen LogP contribution in [-0.2, 0) is 6.61 Å². The van der Waals surface area contributed by atoms with Crippen LogP contribution in [0.5, 0.6) is 5.75 Å². The largest absolute Gasteiger partial charge is 0.489 e. The Morgan fingerprint density at radius 3 is 2.41 bits per heavy atom. The Balaban J connectivity index is 1.65. The number of benzene rings is 3. The molecule has 0 radical (unpaired) electrons. The van der Waals surface area contributed by atoms with Crippen molar-refractivity contribution in [3.8, 4) is 5.75 Å². The van der Waals surface area contributed by atoms with Crippen molar-refractivity contribution in [3.05, 3.63) is 99.9 Å². The summed E-state index contributed by atoms with van der Waals surface area (Å²) in [6, 6.07) is 18.9. The highest BCUT2D eigenvalue weighted by Crippen LogP contribution is 2.22. The Kier molecular flexibility index (Phi) is 5.41. The Hall–Kier alpha value is -3.74. The number of nitrogens with zero attached hydrogens (tertiary/aromatic N) is 1. The van der Waals surface area contributed by atoms with E-state index in [4.69, 9.17) is 4.74 Å². The number of carbonyl (C=O) groups excluding carboxylic acids is 1. The average molecular weight is 366 g/mol. The molecular weight excluding hydrogens is 351 g/mol. The lowest BCUT2D eigenvalue weighted by atomic mass is 10.2. The van der Waals surface area contributed by atoms with Gasteiger partial charge in [0.15, 0.2) is 0 Å². The molecule has 0 aliphatic heterocycles. The first-order valence-electron chi connectivity index (χ1n) is 8.05. The number of halogens is 1. The summed E-state index contributed by atoms with van der Waals surface area (Å²) in [5.74, 6) is -0.752. The summed E-state index contributed by atoms with van der Waals surface area (Å²) in [4.78, 5) is 22.4. The number of nitro benzene ring substituents is 1. The minimum atomic E-state index is -0.753. The molecule has 3 aromatic rings. The van der Waals surface area contributed by atoms with Crippen LogP contribution >= 0.6 is 0 Å². The van der Waals surface area contributed by atoms with Crippen molar-refractivity contribution >= 4 is 17.3 Å². The summed E-state index contributed by atoms with van der Waals surface area (Å²) in [5, 5.41) is 13.1. The van der Waals surface area contributed by atoms with E-state index in [2.05, 4.69) is 5.32 Å². The number of hydrogen-bond acceptors (Lipinski definition) is 4. The first-order chi connectivity index (χ1) is 13.0. The van der Waals surface area contributed by atoms with E-state index < -0.39 is 16.6 Å². The summed E-state index contributed by atoms with van der Waals surface area (Å²) >= 11 is 0. The van der Waals surface area contributed by atoms with Gasteiger partial charge in [-0.3, -0.25) is 14.9 Å². The van der Waals surface area contributed by atoms with Crippen LogP contribution in [0.2, 0.25) is 0 Å². The lowest BCUT2D eigenvalue weighted by molar-refractivity contribution is -0.384. The fourth-order valence-corrected chi connectivity index (χ4v) is 2.36. The minimum Gasteiger partial charge on any atom is -0.489 e. The van der Waals surface area contributed by atoms with Gasteiger partial charge in [0, 0.05) is 17.7 Å². The Bertz CT molecular complexity index is 959. The molecule has 0 bridgehead atoms. The molecule has 1 N–H and O–H groups in total. The van der Waals surface area contributed by atoms with Crippen LogP contribution < -0.4 is 10.1 Å². The molecule has 1 amide bonds. The number of nitrogens with one attached hydrogen (secondary N) is 1. The second-order valence-electron chi connectivity index (χ2n) is 5.67. The van der Waals surface area contributed by atoms with Crippen LogP contribution in [0.1, 0.15) is 15.9 Å². The van der Waals surface area contributed by atoms with Crippen molar-refractivity contribution in [2.75, 3.05) is 5.32 Å². The lowest BCUT2D eigenvalue weighted by Crippen LogP contribution is -2.13. The highest BCUT2D eigenvalue weighted by Gasteiger charge is 2.14. The van der Waals surface area contributed by atoms with Gasteiger partial charge in [0.2, 0.25) is 0 Å². The van der Waals surface area contributed by atoms with Crippen LogP contribution in [0.3, 0.4) is 0 Å². The number of carbonyl (C=O) groups is 1.